The molecule has 4 heteroatoms. The SMILES string of the molecule is CC1=C(c2ccc(C=O)cc2)C(=O)N=N1. The van der Waals surface area contributed by atoms with Gasteiger partial charge in [0.1, 0.15) is 6.29 Å². The number of carbonyl (C=O) groups is 2. The van der Waals surface area contributed by atoms with Crippen LogP contribution in [-0.4, -0.2) is 12.2 Å². The first-order valence-electron chi connectivity index (χ1n) is 4.45. The number of nitrogens with zero attached hydrogens (tertiary/aromatic N) is 2. The van der Waals surface area contributed by atoms with Crippen molar-refractivity contribution in [2.24, 2.45) is 10.2 Å². The average molecular weight is 200 g/mol. The predicted molar refractivity (Wildman–Crippen MR) is 54.3 cm³/mol. The fourth-order valence-electron chi connectivity index (χ4n) is 1.44. The largest absolute Gasteiger partial charge is 0.298 e. The summed E-state index contributed by atoms with van der Waals surface area (Å²) >= 11 is 0. The summed E-state index contributed by atoms with van der Waals surface area (Å²) in [6, 6.07) is 6.76. The summed E-state index contributed by atoms with van der Waals surface area (Å²) < 4.78 is 0. The minimum atomic E-state index is -0.327. The van der Waals surface area contributed by atoms with Crippen LogP contribution in [0.2, 0.25) is 0 Å². The Balaban J connectivity index is 2.43. The van der Waals surface area contributed by atoms with E-state index in [4.69, 9.17) is 0 Å². The number of carbonyl (C=O) groups excluding carboxylic acids is 2. The lowest BCUT2D eigenvalue weighted by Crippen LogP contribution is -1.95. The van der Waals surface area contributed by atoms with Crippen LogP contribution in [0.4, 0.5) is 0 Å². The van der Waals surface area contributed by atoms with Crippen LogP contribution >= 0.6 is 0 Å². The molecular weight excluding hydrogens is 192 g/mol. The number of benzene rings is 1. The first-order valence-corrected chi connectivity index (χ1v) is 4.45. The topological polar surface area (TPSA) is 58.9 Å². The number of aldehydes is 1. The van der Waals surface area contributed by atoms with Gasteiger partial charge in [0, 0.05) is 5.56 Å². The predicted octanol–water partition coefficient (Wildman–Crippen LogP) is 2.22. The zero-order valence-electron chi connectivity index (χ0n) is 8.10. The average Bonchev–Trinajstić information content (AvgIpc) is 2.59. The Morgan fingerprint density at radius 1 is 1.13 bits per heavy atom. The first-order chi connectivity index (χ1) is 7.22. The summed E-state index contributed by atoms with van der Waals surface area (Å²) in [5, 5.41) is 7.16. The van der Waals surface area contributed by atoms with E-state index in [0.717, 1.165) is 11.8 Å². The Hall–Kier alpha value is -2.10. The van der Waals surface area contributed by atoms with E-state index in [1.54, 1.807) is 31.2 Å². The van der Waals surface area contributed by atoms with Gasteiger partial charge in [-0.2, -0.15) is 5.11 Å². The van der Waals surface area contributed by atoms with Crippen LogP contribution in [0.3, 0.4) is 0 Å². The first kappa shape index (κ1) is 9.45. The highest BCUT2D eigenvalue weighted by atomic mass is 16.2. The monoisotopic (exact) mass is 200 g/mol. The molecule has 4 nitrogen and oxygen atoms in total. The minimum Gasteiger partial charge on any atom is -0.298 e. The van der Waals surface area contributed by atoms with Gasteiger partial charge < -0.3 is 0 Å². The van der Waals surface area contributed by atoms with Crippen LogP contribution in [0.15, 0.2) is 40.2 Å². The summed E-state index contributed by atoms with van der Waals surface area (Å²) in [4.78, 5) is 21.8. The van der Waals surface area contributed by atoms with Crippen molar-refractivity contribution in [2.75, 3.05) is 0 Å². The highest BCUT2D eigenvalue weighted by molar-refractivity contribution is 6.22. The van der Waals surface area contributed by atoms with Crippen molar-refractivity contribution in [3.63, 3.8) is 0 Å². The van der Waals surface area contributed by atoms with Crippen molar-refractivity contribution in [2.45, 2.75) is 6.92 Å². The van der Waals surface area contributed by atoms with Crippen molar-refractivity contribution >= 4 is 17.8 Å². The molecule has 0 unspecified atom stereocenters. The molecule has 0 saturated carbocycles. The molecule has 0 aromatic heterocycles. The van der Waals surface area contributed by atoms with Gasteiger partial charge in [-0.15, -0.1) is 5.11 Å². The fourth-order valence-corrected chi connectivity index (χ4v) is 1.44. The van der Waals surface area contributed by atoms with E-state index in [2.05, 4.69) is 10.2 Å². The maximum absolute atomic E-state index is 11.4. The summed E-state index contributed by atoms with van der Waals surface area (Å²) in [5.74, 6) is -0.327. The third-order valence-electron chi connectivity index (χ3n) is 2.20. The highest BCUT2D eigenvalue weighted by Crippen LogP contribution is 2.26. The molecule has 0 aliphatic carbocycles. The van der Waals surface area contributed by atoms with Crippen molar-refractivity contribution in [1.29, 1.82) is 0 Å². The molecule has 0 spiro atoms. The van der Waals surface area contributed by atoms with E-state index < -0.39 is 0 Å². The number of rotatable bonds is 2. The molecule has 0 atom stereocenters. The minimum absolute atomic E-state index is 0.327. The zero-order valence-corrected chi connectivity index (χ0v) is 8.10. The lowest BCUT2D eigenvalue weighted by atomic mass is 10.0. The number of allylic oxidation sites excluding steroid dienone is 1. The molecule has 1 aliphatic rings. The van der Waals surface area contributed by atoms with Crippen LogP contribution in [-0.2, 0) is 4.79 Å². The Labute approximate surface area is 86.3 Å². The van der Waals surface area contributed by atoms with Gasteiger partial charge in [0.05, 0.1) is 11.3 Å². The number of azo groups is 1. The van der Waals surface area contributed by atoms with Crippen molar-refractivity contribution in [3.8, 4) is 0 Å². The Morgan fingerprint density at radius 2 is 1.80 bits per heavy atom. The summed E-state index contributed by atoms with van der Waals surface area (Å²) in [6.45, 7) is 1.73. The van der Waals surface area contributed by atoms with Gasteiger partial charge in [0.15, 0.2) is 0 Å². The molecule has 0 radical (unpaired) electrons. The van der Waals surface area contributed by atoms with Gasteiger partial charge in [-0.3, -0.25) is 9.59 Å². The van der Waals surface area contributed by atoms with E-state index in [1.165, 1.54) is 0 Å². The maximum atomic E-state index is 11.4. The van der Waals surface area contributed by atoms with Gasteiger partial charge in [0.2, 0.25) is 0 Å². The van der Waals surface area contributed by atoms with Gasteiger partial charge >= 0.3 is 0 Å². The quantitative estimate of drug-likeness (QED) is 0.687. The Kier molecular flexibility index (Phi) is 2.25. The van der Waals surface area contributed by atoms with Crippen LogP contribution in [0.5, 0.6) is 0 Å². The van der Waals surface area contributed by atoms with Crippen LogP contribution in [0.25, 0.3) is 5.57 Å². The smallest absolute Gasteiger partial charge is 0.297 e. The number of hydrogen-bond acceptors (Lipinski definition) is 3. The molecule has 1 aliphatic heterocycles. The normalized spacial score (nSPS) is 14.9. The number of amides is 1. The molecule has 0 N–H and O–H groups in total. The van der Waals surface area contributed by atoms with Crippen LogP contribution < -0.4 is 0 Å². The third-order valence-corrected chi connectivity index (χ3v) is 2.20. The van der Waals surface area contributed by atoms with Crippen molar-refractivity contribution < 1.29 is 9.59 Å². The molecule has 0 bridgehead atoms. The molecule has 0 saturated heterocycles. The second kappa shape index (κ2) is 3.57. The Bertz CT molecular complexity index is 484. The molecular formula is C11H8N2O2. The second-order valence-electron chi connectivity index (χ2n) is 3.21. The maximum Gasteiger partial charge on any atom is 0.297 e. The summed E-state index contributed by atoms with van der Waals surface area (Å²) in [7, 11) is 0. The Morgan fingerprint density at radius 3 is 2.27 bits per heavy atom. The van der Waals surface area contributed by atoms with Crippen LogP contribution in [0.1, 0.15) is 22.8 Å². The molecule has 1 aromatic rings. The van der Waals surface area contributed by atoms with Crippen molar-refractivity contribution in [3.05, 3.63) is 41.1 Å². The fraction of sp³-hybridized carbons (Fsp3) is 0.0909. The second-order valence-corrected chi connectivity index (χ2v) is 3.21. The van der Waals surface area contributed by atoms with Crippen LogP contribution in [0, 0.1) is 0 Å². The number of hydrogen-bond donors (Lipinski definition) is 0. The van der Waals surface area contributed by atoms with E-state index in [0.29, 0.717) is 16.8 Å². The van der Waals surface area contributed by atoms with Gasteiger partial charge in [-0.25, -0.2) is 0 Å². The van der Waals surface area contributed by atoms with E-state index in [1.807, 2.05) is 0 Å². The van der Waals surface area contributed by atoms with Gasteiger partial charge in [0.25, 0.3) is 5.91 Å². The molecule has 15 heavy (non-hydrogen) atoms. The van der Waals surface area contributed by atoms with Gasteiger partial charge in [-0.05, 0) is 12.5 Å². The van der Waals surface area contributed by atoms with E-state index >= 15 is 0 Å². The van der Waals surface area contributed by atoms with E-state index in [9.17, 15) is 9.59 Å². The molecule has 0 fully saturated rings. The lowest BCUT2D eigenvalue weighted by molar-refractivity contribution is -0.112. The molecule has 74 valence electrons. The summed E-state index contributed by atoms with van der Waals surface area (Å²) in [5.41, 5.74) is 2.44. The zero-order chi connectivity index (χ0) is 10.8. The third kappa shape index (κ3) is 1.61. The summed E-state index contributed by atoms with van der Waals surface area (Å²) in [6.07, 6.45) is 0.760. The van der Waals surface area contributed by atoms with E-state index in [-0.39, 0.29) is 5.91 Å². The van der Waals surface area contributed by atoms with Crippen molar-refractivity contribution in [1.82, 2.24) is 0 Å². The molecule has 1 amide bonds. The molecule has 2 rings (SSSR count). The molecule has 1 heterocycles. The lowest BCUT2D eigenvalue weighted by Gasteiger charge is -2.00. The van der Waals surface area contributed by atoms with Gasteiger partial charge in [-0.1, -0.05) is 24.3 Å². The highest BCUT2D eigenvalue weighted by Gasteiger charge is 2.19. The standard InChI is InChI=1S/C11H8N2O2/c1-7-10(11(15)13-12-7)9-4-2-8(6-14)3-5-9/h2-6H,1H3. The molecule has 1 aromatic carbocycles.